The van der Waals surface area contributed by atoms with Gasteiger partial charge in [0.05, 0.1) is 16.3 Å². The second-order valence-electron chi connectivity index (χ2n) is 5.32. The molecule has 21 heavy (non-hydrogen) atoms. The van der Waals surface area contributed by atoms with Gasteiger partial charge in [-0.1, -0.05) is 36.4 Å². The van der Waals surface area contributed by atoms with Crippen LogP contribution in [0.15, 0.2) is 53.4 Å². The number of nitrogens with one attached hydrogen (secondary N) is 2. The molecule has 1 aliphatic rings. The highest BCUT2D eigenvalue weighted by atomic mass is 32.2. The summed E-state index contributed by atoms with van der Waals surface area (Å²) in [7, 11) is -3.25. The molecule has 0 spiro atoms. The number of hydrogen-bond donors (Lipinski definition) is 2. The normalized spacial score (nSPS) is 18.0. The average Bonchev–Trinajstić information content (AvgIpc) is 2.69. The molecule has 1 unspecified atom stereocenters. The van der Waals surface area contributed by atoms with E-state index in [1.807, 2.05) is 24.3 Å². The molecule has 4 nitrogen and oxygen atoms in total. The number of para-hydroxylation sites is 1. The van der Waals surface area contributed by atoms with Gasteiger partial charge in [-0.3, -0.25) is 0 Å². The summed E-state index contributed by atoms with van der Waals surface area (Å²) < 4.78 is 23.8. The molecular weight excluding hydrogens is 284 g/mol. The van der Waals surface area contributed by atoms with Gasteiger partial charge in [-0.2, -0.15) is 0 Å². The highest BCUT2D eigenvalue weighted by molar-refractivity contribution is 7.90. The predicted molar refractivity (Wildman–Crippen MR) is 85.7 cm³/mol. The summed E-state index contributed by atoms with van der Waals surface area (Å²) in [4.78, 5) is 0.348. The Morgan fingerprint density at radius 1 is 0.952 bits per heavy atom. The molecule has 0 saturated carbocycles. The fourth-order valence-electron chi connectivity index (χ4n) is 2.66. The van der Waals surface area contributed by atoms with Crippen molar-refractivity contribution in [1.29, 1.82) is 0 Å². The van der Waals surface area contributed by atoms with Crippen molar-refractivity contribution in [1.82, 2.24) is 0 Å². The van der Waals surface area contributed by atoms with E-state index in [2.05, 4.69) is 22.8 Å². The molecule has 2 N–H and O–H groups in total. The van der Waals surface area contributed by atoms with Gasteiger partial charge in [0.2, 0.25) is 0 Å². The highest BCUT2D eigenvalue weighted by Crippen LogP contribution is 2.33. The number of benzene rings is 2. The van der Waals surface area contributed by atoms with Crippen LogP contribution in [0.25, 0.3) is 0 Å². The Morgan fingerprint density at radius 3 is 2.38 bits per heavy atom. The van der Waals surface area contributed by atoms with Gasteiger partial charge in [0, 0.05) is 25.3 Å². The first-order valence-corrected chi connectivity index (χ1v) is 8.80. The molecule has 3 rings (SSSR count). The third-order valence-electron chi connectivity index (χ3n) is 3.76. The van der Waals surface area contributed by atoms with Gasteiger partial charge in [0.1, 0.15) is 0 Å². The van der Waals surface area contributed by atoms with E-state index in [1.165, 1.54) is 11.8 Å². The van der Waals surface area contributed by atoms with Crippen LogP contribution < -0.4 is 10.6 Å². The minimum Gasteiger partial charge on any atom is -0.383 e. The number of hydrogen-bond acceptors (Lipinski definition) is 4. The van der Waals surface area contributed by atoms with Gasteiger partial charge in [0.25, 0.3) is 0 Å². The number of rotatable bonds is 2. The van der Waals surface area contributed by atoms with Crippen molar-refractivity contribution in [2.45, 2.75) is 10.8 Å². The minimum atomic E-state index is -3.25. The largest absolute Gasteiger partial charge is 0.383 e. The topological polar surface area (TPSA) is 58.2 Å². The van der Waals surface area contributed by atoms with Crippen molar-refractivity contribution in [2.24, 2.45) is 0 Å². The Morgan fingerprint density at radius 2 is 1.67 bits per heavy atom. The molecule has 0 radical (unpaired) electrons. The van der Waals surface area contributed by atoms with Crippen molar-refractivity contribution >= 4 is 21.2 Å². The van der Waals surface area contributed by atoms with E-state index in [1.54, 1.807) is 12.1 Å². The monoisotopic (exact) mass is 302 g/mol. The molecule has 5 heteroatoms. The van der Waals surface area contributed by atoms with E-state index in [4.69, 9.17) is 0 Å². The van der Waals surface area contributed by atoms with Crippen LogP contribution in [0.5, 0.6) is 0 Å². The van der Waals surface area contributed by atoms with Crippen LogP contribution in [0.2, 0.25) is 0 Å². The molecule has 0 bridgehead atoms. The van der Waals surface area contributed by atoms with E-state index in [9.17, 15) is 8.42 Å². The first-order valence-electron chi connectivity index (χ1n) is 6.91. The zero-order chi connectivity index (χ0) is 14.9. The Hall–Kier alpha value is -2.01. The molecule has 1 atom stereocenters. The highest BCUT2D eigenvalue weighted by Gasteiger charge is 2.21. The van der Waals surface area contributed by atoms with Gasteiger partial charge in [-0.25, -0.2) is 8.42 Å². The maximum Gasteiger partial charge on any atom is 0.177 e. The summed E-state index contributed by atoms with van der Waals surface area (Å²) in [5.74, 6) is 0.297. The van der Waals surface area contributed by atoms with Crippen LogP contribution in [0.1, 0.15) is 11.5 Å². The summed E-state index contributed by atoms with van der Waals surface area (Å²) in [6.45, 7) is 1.48. The molecule has 2 aromatic rings. The van der Waals surface area contributed by atoms with Crippen LogP contribution in [-0.2, 0) is 9.84 Å². The first kappa shape index (κ1) is 13.9. The lowest BCUT2D eigenvalue weighted by Gasteiger charge is -2.15. The van der Waals surface area contributed by atoms with Gasteiger partial charge < -0.3 is 10.6 Å². The van der Waals surface area contributed by atoms with Crippen LogP contribution in [0, 0.1) is 0 Å². The van der Waals surface area contributed by atoms with Crippen molar-refractivity contribution in [3.05, 3.63) is 54.1 Å². The number of fused-ring (bicyclic) bond motifs is 1. The summed E-state index contributed by atoms with van der Waals surface area (Å²) >= 11 is 0. The first-order chi connectivity index (χ1) is 10.1. The summed E-state index contributed by atoms with van der Waals surface area (Å²) in [5.41, 5.74) is 2.76. The lowest BCUT2D eigenvalue weighted by Crippen LogP contribution is -2.17. The number of sulfone groups is 1. The van der Waals surface area contributed by atoms with E-state index < -0.39 is 9.84 Å². The van der Waals surface area contributed by atoms with Crippen molar-refractivity contribution < 1.29 is 8.42 Å². The Balaban J connectivity index is 1.94. The maximum absolute atomic E-state index is 11.9. The lowest BCUT2D eigenvalue weighted by molar-refractivity contribution is 0.602. The van der Waals surface area contributed by atoms with E-state index >= 15 is 0 Å². The molecule has 1 aliphatic heterocycles. The van der Waals surface area contributed by atoms with Crippen LogP contribution in [0.4, 0.5) is 11.4 Å². The van der Waals surface area contributed by atoms with Crippen LogP contribution >= 0.6 is 0 Å². The fraction of sp³-hybridized carbons (Fsp3) is 0.250. The summed E-state index contributed by atoms with van der Waals surface area (Å²) in [5, 5.41) is 6.67. The molecule has 0 aliphatic carbocycles. The van der Waals surface area contributed by atoms with Crippen LogP contribution in [-0.4, -0.2) is 27.8 Å². The van der Waals surface area contributed by atoms with E-state index in [-0.39, 0.29) is 0 Å². The minimum absolute atomic E-state index is 0.297. The van der Waals surface area contributed by atoms with Gasteiger partial charge in [-0.05, 0) is 17.7 Å². The average molecular weight is 302 g/mol. The SMILES string of the molecule is CS(=O)(=O)c1cccc2c1NCC(c1ccccc1)CN2. The second-order valence-corrected chi connectivity index (χ2v) is 7.30. The summed E-state index contributed by atoms with van der Waals surface area (Å²) in [6, 6.07) is 15.6. The van der Waals surface area contributed by atoms with Crippen molar-refractivity contribution in [3.8, 4) is 0 Å². The van der Waals surface area contributed by atoms with Gasteiger partial charge in [-0.15, -0.1) is 0 Å². The van der Waals surface area contributed by atoms with Crippen molar-refractivity contribution in [3.63, 3.8) is 0 Å². The van der Waals surface area contributed by atoms with Crippen LogP contribution in [0.3, 0.4) is 0 Å². The second kappa shape index (κ2) is 5.41. The predicted octanol–water partition coefficient (Wildman–Crippen LogP) is 2.71. The third kappa shape index (κ3) is 2.88. The zero-order valence-corrected chi connectivity index (χ0v) is 12.7. The van der Waals surface area contributed by atoms with E-state index in [0.717, 1.165) is 12.2 Å². The number of anilines is 2. The molecule has 0 amide bonds. The molecule has 1 heterocycles. The maximum atomic E-state index is 11.9. The molecule has 0 fully saturated rings. The summed E-state index contributed by atoms with van der Waals surface area (Å²) in [6.07, 6.45) is 1.24. The Kier molecular flexibility index (Phi) is 3.59. The molecule has 2 aromatic carbocycles. The third-order valence-corrected chi connectivity index (χ3v) is 4.90. The lowest BCUT2D eigenvalue weighted by atomic mass is 9.99. The quantitative estimate of drug-likeness (QED) is 0.895. The smallest absolute Gasteiger partial charge is 0.177 e. The van der Waals surface area contributed by atoms with E-state index in [0.29, 0.717) is 23.0 Å². The van der Waals surface area contributed by atoms with Crippen molar-refractivity contribution in [2.75, 3.05) is 30.0 Å². The Bertz CT molecular complexity index is 742. The standard InChI is InChI=1S/C16H18N2O2S/c1-21(19,20)15-9-5-8-14-16(15)18-11-13(10-17-14)12-6-3-2-4-7-12/h2-9,13,17-18H,10-11H2,1H3. The zero-order valence-electron chi connectivity index (χ0n) is 11.8. The Labute approximate surface area is 125 Å². The fourth-order valence-corrected chi connectivity index (χ4v) is 3.54. The molecule has 0 aromatic heterocycles. The van der Waals surface area contributed by atoms with Gasteiger partial charge >= 0.3 is 0 Å². The molecular formula is C16H18N2O2S. The molecule has 0 saturated heterocycles. The van der Waals surface area contributed by atoms with Gasteiger partial charge in [0.15, 0.2) is 9.84 Å². The molecule has 110 valence electrons.